The van der Waals surface area contributed by atoms with E-state index < -0.39 is 0 Å². The minimum absolute atomic E-state index is 0.550. The van der Waals surface area contributed by atoms with Crippen LogP contribution < -0.4 is 0 Å². The van der Waals surface area contributed by atoms with Gasteiger partial charge in [-0.15, -0.1) is 9.24 Å². The lowest BCUT2D eigenvalue weighted by atomic mass is 9.70. The summed E-state index contributed by atoms with van der Waals surface area (Å²) in [5.41, 5.74) is 0.663. The second-order valence-corrected chi connectivity index (χ2v) is 6.21. The van der Waals surface area contributed by atoms with Gasteiger partial charge in [-0.05, 0) is 36.3 Å². The Bertz CT molecular complexity index is 128. The highest BCUT2D eigenvalue weighted by atomic mass is 31.0. The van der Waals surface area contributed by atoms with Crippen LogP contribution in [0.25, 0.3) is 0 Å². The summed E-state index contributed by atoms with van der Waals surface area (Å²) >= 11 is 0. The molecule has 0 spiro atoms. The van der Waals surface area contributed by atoms with E-state index in [1.54, 1.807) is 0 Å². The first-order chi connectivity index (χ1) is 5.97. The van der Waals surface area contributed by atoms with E-state index >= 15 is 0 Å². The molecule has 1 rings (SSSR count). The van der Waals surface area contributed by atoms with E-state index in [1.807, 2.05) is 13.8 Å². The molecule has 0 aromatic heterocycles. The molecular formula is C12H27P. The summed E-state index contributed by atoms with van der Waals surface area (Å²) in [7, 11) is 3.01. The van der Waals surface area contributed by atoms with Crippen molar-refractivity contribution >= 4 is 9.24 Å². The molecule has 1 aliphatic rings. The molecule has 1 aliphatic carbocycles. The van der Waals surface area contributed by atoms with Crippen molar-refractivity contribution in [3.05, 3.63) is 0 Å². The van der Waals surface area contributed by atoms with Crippen molar-refractivity contribution in [2.24, 2.45) is 5.41 Å². The second kappa shape index (κ2) is 5.35. The van der Waals surface area contributed by atoms with E-state index in [0.29, 0.717) is 10.6 Å². The zero-order valence-electron chi connectivity index (χ0n) is 10.1. The van der Waals surface area contributed by atoms with Crippen LogP contribution >= 0.6 is 9.24 Å². The Kier molecular flexibility index (Phi) is 5.52. The molecule has 1 unspecified atom stereocenters. The fraction of sp³-hybridized carbons (Fsp3) is 1.00. The summed E-state index contributed by atoms with van der Waals surface area (Å²) in [6.07, 6.45) is 6.98. The van der Waals surface area contributed by atoms with Crippen LogP contribution in [0.4, 0.5) is 0 Å². The maximum atomic E-state index is 3.01. The molecule has 0 saturated heterocycles. The Morgan fingerprint density at radius 2 is 1.38 bits per heavy atom. The van der Waals surface area contributed by atoms with Crippen molar-refractivity contribution < 1.29 is 0 Å². The third-order valence-corrected chi connectivity index (χ3v) is 4.03. The summed E-state index contributed by atoms with van der Waals surface area (Å²) in [6, 6.07) is 0. The fourth-order valence-electron chi connectivity index (χ4n) is 1.78. The Morgan fingerprint density at radius 3 is 1.69 bits per heavy atom. The Morgan fingerprint density at radius 1 is 1.00 bits per heavy atom. The van der Waals surface area contributed by atoms with E-state index in [0.717, 1.165) is 0 Å². The summed E-state index contributed by atoms with van der Waals surface area (Å²) in [6.45, 7) is 11.1. The smallest absolute Gasteiger partial charge is 0.0178 e. The van der Waals surface area contributed by atoms with Crippen molar-refractivity contribution in [1.82, 2.24) is 0 Å². The molecular weight excluding hydrogens is 175 g/mol. The largest absolute Gasteiger partial charge is 0.131 e. The van der Waals surface area contributed by atoms with Crippen LogP contribution in [0, 0.1) is 5.41 Å². The molecule has 0 nitrogen and oxygen atoms in total. The molecule has 0 radical (unpaired) electrons. The highest BCUT2D eigenvalue weighted by molar-refractivity contribution is 7.18. The van der Waals surface area contributed by atoms with Crippen LogP contribution in [0.1, 0.15) is 66.7 Å². The molecule has 80 valence electrons. The molecule has 0 N–H and O–H groups in total. The third kappa shape index (κ3) is 4.45. The Hall–Kier alpha value is 0.430. The van der Waals surface area contributed by atoms with Crippen LogP contribution in [-0.4, -0.2) is 5.16 Å². The number of hydrogen-bond acceptors (Lipinski definition) is 0. The van der Waals surface area contributed by atoms with E-state index in [4.69, 9.17) is 0 Å². The van der Waals surface area contributed by atoms with Gasteiger partial charge in [-0.1, -0.05) is 41.0 Å². The SMILES string of the molecule is CC.CCC1(C)CCC(C)(P)CC1. The lowest BCUT2D eigenvalue weighted by Crippen LogP contribution is -2.30. The van der Waals surface area contributed by atoms with Crippen LogP contribution in [0.2, 0.25) is 0 Å². The maximum Gasteiger partial charge on any atom is -0.0178 e. The average Bonchev–Trinajstić information content (AvgIpc) is 2.14. The molecule has 1 saturated carbocycles. The van der Waals surface area contributed by atoms with Gasteiger partial charge in [0, 0.05) is 0 Å². The van der Waals surface area contributed by atoms with Gasteiger partial charge in [-0.3, -0.25) is 0 Å². The summed E-state index contributed by atoms with van der Waals surface area (Å²) in [5.74, 6) is 0. The van der Waals surface area contributed by atoms with Crippen molar-refractivity contribution in [1.29, 1.82) is 0 Å². The van der Waals surface area contributed by atoms with E-state index in [9.17, 15) is 0 Å². The minimum Gasteiger partial charge on any atom is -0.131 e. The van der Waals surface area contributed by atoms with E-state index in [-0.39, 0.29) is 0 Å². The molecule has 13 heavy (non-hydrogen) atoms. The number of hydrogen-bond donors (Lipinski definition) is 0. The highest BCUT2D eigenvalue weighted by Crippen LogP contribution is 2.46. The lowest BCUT2D eigenvalue weighted by Gasteiger charge is -2.40. The van der Waals surface area contributed by atoms with Crippen molar-refractivity contribution in [2.45, 2.75) is 71.9 Å². The first-order valence-electron chi connectivity index (χ1n) is 5.76. The molecule has 0 aliphatic heterocycles. The maximum absolute atomic E-state index is 3.01. The Balaban J connectivity index is 0.000000671. The second-order valence-electron chi connectivity index (χ2n) is 4.82. The monoisotopic (exact) mass is 202 g/mol. The fourth-order valence-corrected chi connectivity index (χ4v) is 2.07. The van der Waals surface area contributed by atoms with Crippen molar-refractivity contribution in [3.8, 4) is 0 Å². The van der Waals surface area contributed by atoms with Crippen LogP contribution in [0.3, 0.4) is 0 Å². The lowest BCUT2D eigenvalue weighted by molar-refractivity contribution is 0.185. The molecule has 0 aromatic carbocycles. The summed E-state index contributed by atoms with van der Waals surface area (Å²) in [5, 5.41) is 0.550. The average molecular weight is 202 g/mol. The molecule has 1 atom stereocenters. The zero-order chi connectivity index (χ0) is 10.5. The van der Waals surface area contributed by atoms with Gasteiger partial charge in [0.1, 0.15) is 0 Å². The van der Waals surface area contributed by atoms with Gasteiger partial charge in [-0.25, -0.2) is 0 Å². The Labute approximate surface area is 87.1 Å². The normalized spacial score (nSPS) is 39.2. The van der Waals surface area contributed by atoms with Crippen LogP contribution in [0.15, 0.2) is 0 Å². The van der Waals surface area contributed by atoms with Crippen molar-refractivity contribution in [3.63, 3.8) is 0 Å². The standard InChI is InChI=1S/C10H21P.C2H6/c1-4-9(2)5-7-10(3,11)8-6-9;1-2/h4-8,11H2,1-3H3;1-2H3. The molecule has 0 amide bonds. The molecule has 1 heteroatoms. The number of rotatable bonds is 1. The highest BCUT2D eigenvalue weighted by Gasteiger charge is 2.33. The van der Waals surface area contributed by atoms with Gasteiger partial charge in [0.25, 0.3) is 0 Å². The van der Waals surface area contributed by atoms with Gasteiger partial charge < -0.3 is 0 Å². The van der Waals surface area contributed by atoms with Gasteiger partial charge in [-0.2, -0.15) is 0 Å². The first kappa shape index (κ1) is 13.4. The third-order valence-electron chi connectivity index (χ3n) is 3.45. The molecule has 0 aromatic rings. The first-order valence-corrected chi connectivity index (χ1v) is 6.34. The topological polar surface area (TPSA) is 0 Å². The van der Waals surface area contributed by atoms with Gasteiger partial charge in [0.15, 0.2) is 0 Å². The minimum atomic E-state index is 0.550. The van der Waals surface area contributed by atoms with Crippen LogP contribution in [-0.2, 0) is 0 Å². The van der Waals surface area contributed by atoms with Gasteiger partial charge >= 0.3 is 0 Å². The summed E-state index contributed by atoms with van der Waals surface area (Å²) in [4.78, 5) is 0. The molecule has 0 heterocycles. The zero-order valence-corrected chi connectivity index (χ0v) is 11.3. The predicted octanol–water partition coefficient (Wildman–Crippen LogP) is 4.64. The van der Waals surface area contributed by atoms with Crippen molar-refractivity contribution in [2.75, 3.05) is 0 Å². The summed E-state index contributed by atoms with van der Waals surface area (Å²) < 4.78 is 0. The molecule has 0 bridgehead atoms. The van der Waals surface area contributed by atoms with E-state index in [1.165, 1.54) is 32.1 Å². The van der Waals surface area contributed by atoms with E-state index in [2.05, 4.69) is 30.0 Å². The van der Waals surface area contributed by atoms with Gasteiger partial charge in [0.05, 0.1) is 0 Å². The predicted molar refractivity (Wildman–Crippen MR) is 66.3 cm³/mol. The quantitative estimate of drug-likeness (QED) is 0.543. The molecule has 1 fully saturated rings. The van der Waals surface area contributed by atoms with Crippen LogP contribution in [0.5, 0.6) is 0 Å². The van der Waals surface area contributed by atoms with Gasteiger partial charge in [0.2, 0.25) is 0 Å².